The van der Waals surface area contributed by atoms with Crippen LogP contribution in [0.2, 0.25) is 0 Å². The second kappa shape index (κ2) is 4.69. The number of hydrogen-bond acceptors (Lipinski definition) is 3. The van der Waals surface area contributed by atoms with Crippen molar-refractivity contribution in [1.29, 1.82) is 0 Å². The molecule has 0 aliphatic rings. The van der Waals surface area contributed by atoms with Gasteiger partial charge in [0.15, 0.2) is 0 Å². The fourth-order valence-corrected chi connectivity index (χ4v) is 0. The summed E-state index contributed by atoms with van der Waals surface area (Å²) in [7, 11) is -3.67. The van der Waals surface area contributed by atoms with Gasteiger partial charge < -0.3 is 6.15 Å². The fourth-order valence-electron chi connectivity index (χ4n) is 0. The first-order chi connectivity index (χ1) is 2.00. The summed E-state index contributed by atoms with van der Waals surface area (Å²) in [4.78, 5) is 0. The fraction of sp³-hybridized carbons (Fsp3) is 1.00. The molecule has 0 saturated heterocycles. The summed E-state index contributed by atoms with van der Waals surface area (Å²) in [5, 5.41) is 0. The number of rotatable bonds is 0. The van der Waals surface area contributed by atoms with E-state index < -0.39 is 10.1 Å². The molecule has 0 saturated carbocycles. The average Bonchev–Trinajstić information content (AvgIpc) is 0.722. The Kier molecular flexibility index (Phi) is 10.5. The van der Waals surface area contributed by atoms with Crippen molar-refractivity contribution in [3.05, 3.63) is 0 Å². The molecule has 0 aromatic carbocycles. The molecule has 0 atom stereocenters. The molecule has 4 nitrogen and oxygen atoms in total. The molecule has 50 valence electrons. The van der Waals surface area contributed by atoms with E-state index in [2.05, 4.69) is 0 Å². The van der Waals surface area contributed by atoms with Crippen LogP contribution < -0.4 is 6.15 Å². The van der Waals surface area contributed by atoms with Crippen LogP contribution in [0.5, 0.6) is 0 Å². The Morgan fingerprint density at radius 2 is 1.43 bits per heavy atom. The third-order valence-electron chi connectivity index (χ3n) is 0. The van der Waals surface area contributed by atoms with Crippen LogP contribution in [0.25, 0.3) is 0 Å². The van der Waals surface area contributed by atoms with Crippen LogP contribution in [0.1, 0.15) is 0 Å². The molecule has 4 N–H and O–H groups in total. The van der Waals surface area contributed by atoms with E-state index in [4.69, 9.17) is 4.55 Å². The second-order valence-corrected chi connectivity index (χ2v) is 2.20. The Labute approximate surface area is 56.3 Å². The first-order valence-corrected chi connectivity index (χ1v) is 2.77. The predicted molar refractivity (Wildman–Crippen MR) is 22.5 cm³/mol. The molecule has 0 fully saturated rings. The normalized spacial score (nSPS) is 8.29. The van der Waals surface area contributed by atoms with Crippen molar-refractivity contribution in [2.75, 3.05) is 6.26 Å². The molecule has 0 heterocycles. The van der Waals surface area contributed by atoms with E-state index in [1.165, 1.54) is 0 Å². The van der Waals surface area contributed by atoms with Crippen molar-refractivity contribution in [2.45, 2.75) is 0 Å². The van der Waals surface area contributed by atoms with E-state index in [0.29, 0.717) is 6.26 Å². The van der Waals surface area contributed by atoms with Gasteiger partial charge in [0.1, 0.15) is 0 Å². The third kappa shape index (κ3) is 474. The second-order valence-electron chi connectivity index (χ2n) is 0.733. The first-order valence-electron chi connectivity index (χ1n) is 0.924. The molecule has 7 heavy (non-hydrogen) atoms. The molecule has 6 heteroatoms. The molecular weight excluding hydrogens is 213 g/mol. The summed E-state index contributed by atoms with van der Waals surface area (Å²) in [6.07, 6.45) is 0.715. The Hall–Kier alpha value is 0.532. The van der Waals surface area contributed by atoms with Gasteiger partial charge in [-0.3, -0.25) is 4.55 Å². The zero-order valence-electron chi connectivity index (χ0n) is 3.70. The maximum Gasteiger partial charge on any atom is 0.261 e. The van der Waals surface area contributed by atoms with Gasteiger partial charge in [-0.1, -0.05) is 0 Å². The Morgan fingerprint density at radius 1 is 1.43 bits per heavy atom. The average molecular weight is 220 g/mol. The molecule has 0 aliphatic carbocycles. The van der Waals surface area contributed by atoms with E-state index in [0.717, 1.165) is 0 Å². The maximum atomic E-state index is 9.19. The molecule has 0 aliphatic heterocycles. The van der Waals surface area contributed by atoms with Crippen LogP contribution in [0.15, 0.2) is 0 Å². The van der Waals surface area contributed by atoms with Crippen LogP contribution in [0, 0.1) is 0 Å². The van der Waals surface area contributed by atoms with E-state index in [1.54, 1.807) is 0 Å². The standard InChI is InChI=1S/CH4O3S.H3N.Pd/c1-5(2,3)4;;/h1H3,(H,2,3,4);1H3;. The van der Waals surface area contributed by atoms with Crippen LogP contribution in [-0.4, -0.2) is 19.2 Å². The SMILES string of the molecule is CS(=O)(=O)O.N.[Pd]. The maximum absolute atomic E-state index is 9.19. The van der Waals surface area contributed by atoms with Crippen molar-refractivity contribution < 1.29 is 33.4 Å². The summed E-state index contributed by atoms with van der Waals surface area (Å²) < 4.78 is 25.9. The Bertz CT molecular complexity index is 98.1. The molecular formula is CH7NO3PdS. The summed E-state index contributed by atoms with van der Waals surface area (Å²) in [6.45, 7) is 0. The van der Waals surface area contributed by atoms with Crippen molar-refractivity contribution in [1.82, 2.24) is 6.15 Å². The van der Waals surface area contributed by atoms with Gasteiger partial charge in [0.25, 0.3) is 10.1 Å². The van der Waals surface area contributed by atoms with Crippen molar-refractivity contribution in [3.8, 4) is 0 Å². The Morgan fingerprint density at radius 3 is 1.43 bits per heavy atom. The van der Waals surface area contributed by atoms with Gasteiger partial charge in [-0.05, 0) is 0 Å². The minimum atomic E-state index is -3.67. The van der Waals surface area contributed by atoms with Gasteiger partial charge in [-0.25, -0.2) is 0 Å². The van der Waals surface area contributed by atoms with Crippen molar-refractivity contribution in [2.24, 2.45) is 0 Å². The van der Waals surface area contributed by atoms with Crippen LogP contribution in [-0.2, 0) is 30.5 Å². The van der Waals surface area contributed by atoms with Gasteiger partial charge >= 0.3 is 0 Å². The van der Waals surface area contributed by atoms with E-state index in [-0.39, 0.29) is 26.6 Å². The first kappa shape index (κ1) is 15.6. The van der Waals surface area contributed by atoms with Gasteiger partial charge in [0.05, 0.1) is 6.26 Å². The van der Waals surface area contributed by atoms with E-state index >= 15 is 0 Å². The Balaban J connectivity index is -0.0000000800. The van der Waals surface area contributed by atoms with Gasteiger partial charge in [0, 0.05) is 20.4 Å². The van der Waals surface area contributed by atoms with Crippen LogP contribution in [0.4, 0.5) is 0 Å². The zero-order chi connectivity index (χ0) is 4.50. The molecule has 0 radical (unpaired) electrons. The molecule has 0 bridgehead atoms. The summed E-state index contributed by atoms with van der Waals surface area (Å²) in [5.41, 5.74) is 0. The minimum absolute atomic E-state index is 0. The third-order valence-corrected chi connectivity index (χ3v) is 0. The van der Waals surface area contributed by atoms with E-state index in [1.807, 2.05) is 0 Å². The molecule has 0 aromatic heterocycles. The molecule has 0 rings (SSSR count). The molecule has 0 unspecified atom stereocenters. The smallest absolute Gasteiger partial charge is 0.261 e. The molecule has 0 amide bonds. The van der Waals surface area contributed by atoms with Gasteiger partial charge in [0.2, 0.25) is 0 Å². The molecule has 0 spiro atoms. The quantitative estimate of drug-likeness (QED) is 0.431. The van der Waals surface area contributed by atoms with Gasteiger partial charge in [-0.15, -0.1) is 0 Å². The van der Waals surface area contributed by atoms with Crippen LogP contribution in [0.3, 0.4) is 0 Å². The van der Waals surface area contributed by atoms with Crippen molar-refractivity contribution in [3.63, 3.8) is 0 Å². The predicted octanol–water partition coefficient (Wildman–Crippen LogP) is -0.336. The zero-order valence-corrected chi connectivity index (χ0v) is 6.07. The molecule has 0 aromatic rings. The topological polar surface area (TPSA) is 89.4 Å². The van der Waals surface area contributed by atoms with Gasteiger partial charge in [-0.2, -0.15) is 8.42 Å². The summed E-state index contributed by atoms with van der Waals surface area (Å²) in [5.74, 6) is 0. The summed E-state index contributed by atoms with van der Waals surface area (Å²) in [6, 6.07) is 0. The monoisotopic (exact) mass is 219 g/mol. The largest absolute Gasteiger partial charge is 0.344 e. The number of hydrogen-bond donors (Lipinski definition) is 2. The van der Waals surface area contributed by atoms with Crippen LogP contribution >= 0.6 is 0 Å². The summed E-state index contributed by atoms with van der Waals surface area (Å²) >= 11 is 0. The minimum Gasteiger partial charge on any atom is -0.344 e. The van der Waals surface area contributed by atoms with E-state index in [9.17, 15) is 8.42 Å². The van der Waals surface area contributed by atoms with Crippen molar-refractivity contribution >= 4 is 10.1 Å².